The predicted octanol–water partition coefficient (Wildman–Crippen LogP) is 2.93. The molecule has 0 saturated carbocycles. The molecule has 1 aromatic heterocycles. The van der Waals surface area contributed by atoms with E-state index in [1.165, 1.54) is 21.6 Å². The van der Waals surface area contributed by atoms with Gasteiger partial charge in [0.15, 0.2) is 6.04 Å². The number of hydrogen-bond donors (Lipinski definition) is 1. The zero-order valence-electron chi connectivity index (χ0n) is 17.0. The molecule has 3 rings (SSSR count). The van der Waals surface area contributed by atoms with Gasteiger partial charge in [0.25, 0.3) is 0 Å². The smallest absolute Gasteiger partial charge is 0.214 e. The third-order valence-electron chi connectivity index (χ3n) is 4.93. The third kappa shape index (κ3) is 4.42. The van der Waals surface area contributed by atoms with Crippen molar-refractivity contribution >= 4 is 0 Å². The molecule has 5 nitrogen and oxygen atoms in total. The molecule has 0 fully saturated rings. The van der Waals surface area contributed by atoms with Crippen LogP contribution in [0.1, 0.15) is 56.3 Å². The highest BCUT2D eigenvalue weighted by atomic mass is 15.6. The molecule has 0 aliphatic carbocycles. The lowest BCUT2D eigenvalue weighted by Gasteiger charge is -2.30. The maximum absolute atomic E-state index is 4.47. The van der Waals surface area contributed by atoms with E-state index in [9.17, 15) is 0 Å². The van der Waals surface area contributed by atoms with Crippen LogP contribution in [0.2, 0.25) is 0 Å². The van der Waals surface area contributed by atoms with Crippen molar-refractivity contribution in [2.24, 2.45) is 0 Å². The van der Waals surface area contributed by atoms with Gasteiger partial charge in [-0.2, -0.15) is 0 Å². The Bertz CT molecular complexity index is 846. The Balaban J connectivity index is 2.07. The minimum atomic E-state index is -0.173. The molecule has 2 atom stereocenters. The van der Waals surface area contributed by atoms with Crippen molar-refractivity contribution in [1.82, 2.24) is 20.2 Å². The van der Waals surface area contributed by atoms with Crippen LogP contribution in [0.15, 0.2) is 54.6 Å². The summed E-state index contributed by atoms with van der Waals surface area (Å²) >= 11 is 0. The average molecular weight is 365 g/mol. The van der Waals surface area contributed by atoms with Crippen LogP contribution in [0.5, 0.6) is 0 Å². The maximum Gasteiger partial charge on any atom is 0.214 e. The molecule has 0 saturated heterocycles. The molecule has 2 aromatic carbocycles. The van der Waals surface area contributed by atoms with Crippen LogP contribution < -0.4 is 4.90 Å². The number of quaternary nitrogens is 1. The first-order valence-corrected chi connectivity index (χ1v) is 9.64. The van der Waals surface area contributed by atoms with Gasteiger partial charge in [0.05, 0.1) is 12.1 Å². The fraction of sp³-hybridized carbons (Fsp3) is 0.409. The third-order valence-corrected chi connectivity index (χ3v) is 4.93. The second-order valence-electron chi connectivity index (χ2n) is 8.14. The molecule has 0 spiro atoms. The average Bonchev–Trinajstić information content (AvgIpc) is 3.13. The SMILES string of the molecule is CC[NH+](Cc1ccccc1)[C@H](c1ccc(C)cc1)c1nnnn1C(C)(C)C. The maximum atomic E-state index is 4.47. The van der Waals surface area contributed by atoms with Crippen molar-refractivity contribution < 1.29 is 4.90 Å². The fourth-order valence-electron chi connectivity index (χ4n) is 3.47. The predicted molar refractivity (Wildman–Crippen MR) is 107 cm³/mol. The van der Waals surface area contributed by atoms with Gasteiger partial charge in [-0.05, 0) is 45.0 Å². The molecule has 0 aliphatic rings. The Hall–Kier alpha value is -2.53. The van der Waals surface area contributed by atoms with Gasteiger partial charge in [-0.1, -0.05) is 60.2 Å². The first-order chi connectivity index (χ1) is 12.9. The molecule has 1 heterocycles. The summed E-state index contributed by atoms with van der Waals surface area (Å²) in [5.74, 6) is 0.916. The van der Waals surface area contributed by atoms with Crippen LogP contribution in [0, 0.1) is 6.92 Å². The van der Waals surface area contributed by atoms with E-state index in [0.29, 0.717) is 0 Å². The van der Waals surface area contributed by atoms with Crippen molar-refractivity contribution in [2.75, 3.05) is 6.54 Å². The summed E-state index contributed by atoms with van der Waals surface area (Å²) < 4.78 is 1.97. The Morgan fingerprint density at radius 3 is 2.26 bits per heavy atom. The van der Waals surface area contributed by atoms with Crippen molar-refractivity contribution in [3.8, 4) is 0 Å². The fourth-order valence-corrected chi connectivity index (χ4v) is 3.47. The summed E-state index contributed by atoms with van der Waals surface area (Å²) in [6, 6.07) is 19.5. The lowest BCUT2D eigenvalue weighted by Crippen LogP contribution is -3.11. The normalized spacial score (nSPS) is 14.1. The summed E-state index contributed by atoms with van der Waals surface area (Å²) in [4.78, 5) is 1.42. The summed E-state index contributed by atoms with van der Waals surface area (Å²) in [5.41, 5.74) is 3.65. The molecule has 0 aliphatic heterocycles. The molecule has 0 radical (unpaired) electrons. The van der Waals surface area contributed by atoms with E-state index < -0.39 is 0 Å². The van der Waals surface area contributed by atoms with E-state index in [1.54, 1.807) is 0 Å². The van der Waals surface area contributed by atoms with Crippen LogP contribution in [-0.2, 0) is 12.1 Å². The Morgan fingerprint density at radius 2 is 1.67 bits per heavy atom. The number of nitrogens with one attached hydrogen (secondary N) is 1. The highest BCUT2D eigenvalue weighted by Gasteiger charge is 2.33. The molecule has 1 N–H and O–H groups in total. The number of nitrogens with zero attached hydrogens (tertiary/aromatic N) is 4. The van der Waals surface area contributed by atoms with E-state index in [-0.39, 0.29) is 11.6 Å². The minimum Gasteiger partial charge on any atom is -0.319 e. The zero-order chi connectivity index (χ0) is 19.4. The lowest BCUT2D eigenvalue weighted by atomic mass is 10.0. The van der Waals surface area contributed by atoms with Crippen molar-refractivity contribution in [3.63, 3.8) is 0 Å². The Kier molecular flexibility index (Phi) is 5.71. The number of rotatable bonds is 6. The molecule has 1 unspecified atom stereocenters. The summed E-state index contributed by atoms with van der Waals surface area (Å²) in [6.07, 6.45) is 0. The van der Waals surface area contributed by atoms with Gasteiger partial charge in [-0.15, -0.1) is 5.10 Å². The number of hydrogen-bond acceptors (Lipinski definition) is 3. The second-order valence-corrected chi connectivity index (χ2v) is 8.14. The highest BCUT2D eigenvalue weighted by Crippen LogP contribution is 2.22. The molecule has 142 valence electrons. The topological polar surface area (TPSA) is 48.0 Å². The first kappa shape index (κ1) is 19.2. The van der Waals surface area contributed by atoms with Gasteiger partial charge in [0.2, 0.25) is 5.82 Å². The lowest BCUT2D eigenvalue weighted by molar-refractivity contribution is -0.938. The molecule has 5 heteroatoms. The van der Waals surface area contributed by atoms with Crippen LogP contribution in [0.3, 0.4) is 0 Å². The van der Waals surface area contributed by atoms with Gasteiger partial charge >= 0.3 is 0 Å². The standard InChI is InChI=1S/C22H29N5/c1-6-26(16-18-10-8-7-9-11-18)20(19-14-12-17(2)13-15-19)21-23-24-25-27(21)22(3,4)5/h7-15,20H,6,16H2,1-5H3/p+1/t20-/m1/s1. The largest absolute Gasteiger partial charge is 0.319 e. The number of aromatic nitrogens is 4. The summed E-state index contributed by atoms with van der Waals surface area (Å²) in [5, 5.41) is 12.8. The minimum absolute atomic E-state index is 0.0741. The zero-order valence-corrected chi connectivity index (χ0v) is 17.0. The van der Waals surface area contributed by atoms with Gasteiger partial charge in [0.1, 0.15) is 6.54 Å². The number of tetrazole rings is 1. The monoisotopic (exact) mass is 364 g/mol. The van der Waals surface area contributed by atoms with E-state index in [2.05, 4.69) is 105 Å². The van der Waals surface area contributed by atoms with Gasteiger partial charge in [-0.25, -0.2) is 4.68 Å². The number of aryl methyl sites for hydroxylation is 1. The van der Waals surface area contributed by atoms with Crippen LogP contribution in [0.4, 0.5) is 0 Å². The quantitative estimate of drug-likeness (QED) is 0.732. The molecule has 0 bridgehead atoms. The second kappa shape index (κ2) is 8.01. The van der Waals surface area contributed by atoms with Gasteiger partial charge < -0.3 is 4.90 Å². The van der Waals surface area contributed by atoms with E-state index in [4.69, 9.17) is 0 Å². The number of benzene rings is 2. The molecular formula is C22H30N5+. The highest BCUT2D eigenvalue weighted by molar-refractivity contribution is 5.26. The molecular weight excluding hydrogens is 334 g/mol. The Labute approximate surface area is 162 Å². The van der Waals surface area contributed by atoms with Crippen LogP contribution >= 0.6 is 0 Å². The van der Waals surface area contributed by atoms with E-state index in [0.717, 1.165) is 18.9 Å². The van der Waals surface area contributed by atoms with Crippen LogP contribution in [-0.4, -0.2) is 26.8 Å². The summed E-state index contributed by atoms with van der Waals surface area (Å²) in [7, 11) is 0. The van der Waals surface area contributed by atoms with E-state index in [1.807, 2.05) is 4.68 Å². The molecule has 27 heavy (non-hydrogen) atoms. The van der Waals surface area contributed by atoms with Crippen molar-refractivity contribution in [3.05, 3.63) is 77.1 Å². The van der Waals surface area contributed by atoms with Crippen molar-refractivity contribution in [1.29, 1.82) is 0 Å². The molecule has 3 aromatic rings. The van der Waals surface area contributed by atoms with Gasteiger partial charge in [0, 0.05) is 11.1 Å². The van der Waals surface area contributed by atoms with Crippen molar-refractivity contribution in [2.45, 2.75) is 52.7 Å². The van der Waals surface area contributed by atoms with Gasteiger partial charge in [-0.3, -0.25) is 0 Å². The molecule has 0 amide bonds. The Morgan fingerprint density at radius 1 is 1.00 bits per heavy atom. The van der Waals surface area contributed by atoms with Crippen LogP contribution in [0.25, 0.3) is 0 Å². The van der Waals surface area contributed by atoms with E-state index >= 15 is 0 Å². The summed E-state index contributed by atoms with van der Waals surface area (Å²) in [6.45, 7) is 12.7. The first-order valence-electron chi connectivity index (χ1n) is 9.64.